The largest absolute Gasteiger partial charge is 0.326 e. The zero-order chi connectivity index (χ0) is 16.7. The SMILES string of the molecule is CC#CCOOOO.CN[C@@H]1Cc2cccc3[nH]c(=O)n(c23)C1. The van der Waals surface area contributed by atoms with Crippen LogP contribution in [-0.4, -0.2) is 34.5 Å². The first-order chi connectivity index (χ1) is 11.2. The fourth-order valence-electron chi connectivity index (χ4n) is 2.53. The van der Waals surface area contributed by atoms with E-state index in [4.69, 9.17) is 5.26 Å². The van der Waals surface area contributed by atoms with Gasteiger partial charge >= 0.3 is 5.69 Å². The number of aromatic amines is 1. The van der Waals surface area contributed by atoms with Gasteiger partial charge in [-0.2, -0.15) is 4.89 Å². The van der Waals surface area contributed by atoms with Crippen LogP contribution in [0, 0.1) is 11.8 Å². The van der Waals surface area contributed by atoms with Crippen LogP contribution < -0.4 is 11.0 Å². The predicted octanol–water partition coefficient (Wildman–Crippen LogP) is 0.836. The van der Waals surface area contributed by atoms with Crippen molar-refractivity contribution in [3.63, 3.8) is 0 Å². The Hall–Kier alpha value is -2.15. The third-order valence-electron chi connectivity index (χ3n) is 3.54. The fourth-order valence-corrected chi connectivity index (χ4v) is 2.53. The van der Waals surface area contributed by atoms with Gasteiger partial charge in [-0.15, -0.1) is 5.92 Å². The number of hydrogen-bond donors (Lipinski definition) is 3. The van der Waals surface area contributed by atoms with Gasteiger partial charge in [0.2, 0.25) is 0 Å². The Morgan fingerprint density at radius 3 is 3.04 bits per heavy atom. The second-order valence-electron chi connectivity index (χ2n) is 4.88. The first-order valence-corrected chi connectivity index (χ1v) is 7.08. The highest BCUT2D eigenvalue weighted by atomic mass is 17.6. The summed E-state index contributed by atoms with van der Waals surface area (Å²) in [6, 6.07) is 6.40. The molecule has 1 aromatic carbocycles. The Labute approximate surface area is 132 Å². The highest BCUT2D eigenvalue weighted by Gasteiger charge is 2.21. The van der Waals surface area contributed by atoms with Crippen molar-refractivity contribution in [2.24, 2.45) is 0 Å². The third-order valence-corrected chi connectivity index (χ3v) is 3.54. The van der Waals surface area contributed by atoms with E-state index in [0.29, 0.717) is 6.04 Å². The van der Waals surface area contributed by atoms with Gasteiger partial charge in [0.15, 0.2) is 0 Å². The Bertz CT molecular complexity index is 756. The summed E-state index contributed by atoms with van der Waals surface area (Å²) >= 11 is 0. The number of rotatable bonds is 4. The molecule has 1 atom stereocenters. The molecule has 0 fully saturated rings. The summed E-state index contributed by atoms with van der Waals surface area (Å²) in [4.78, 5) is 18.7. The van der Waals surface area contributed by atoms with E-state index in [1.807, 2.05) is 23.7 Å². The summed E-state index contributed by atoms with van der Waals surface area (Å²) in [6.07, 6.45) is 0.991. The highest BCUT2D eigenvalue weighted by Crippen LogP contribution is 2.22. The van der Waals surface area contributed by atoms with Crippen LogP contribution in [0.15, 0.2) is 23.0 Å². The minimum atomic E-state index is -0.00241. The second kappa shape index (κ2) is 8.47. The lowest BCUT2D eigenvalue weighted by Crippen LogP contribution is -2.38. The Kier molecular flexibility index (Phi) is 6.34. The van der Waals surface area contributed by atoms with E-state index < -0.39 is 0 Å². The molecule has 2 heterocycles. The maximum Gasteiger partial charge on any atom is 0.326 e. The molecule has 0 saturated heterocycles. The number of nitrogens with zero attached hydrogens (tertiary/aromatic N) is 1. The summed E-state index contributed by atoms with van der Waals surface area (Å²) in [5, 5.41) is 17.4. The number of imidazole rings is 1. The van der Waals surface area contributed by atoms with Crippen molar-refractivity contribution in [1.82, 2.24) is 14.9 Å². The van der Waals surface area contributed by atoms with Gasteiger partial charge in [-0.05, 0) is 42.1 Å². The molecule has 8 heteroatoms. The molecule has 0 saturated carbocycles. The molecular formula is C15H19N3O5. The lowest BCUT2D eigenvalue weighted by Gasteiger charge is -2.22. The van der Waals surface area contributed by atoms with Crippen molar-refractivity contribution in [3.05, 3.63) is 34.2 Å². The maximum atomic E-state index is 11.7. The summed E-state index contributed by atoms with van der Waals surface area (Å²) in [5.74, 6) is 5.03. The number of hydrogen-bond acceptors (Lipinski definition) is 6. The zero-order valence-corrected chi connectivity index (χ0v) is 13.0. The summed E-state index contributed by atoms with van der Waals surface area (Å²) in [7, 11) is 1.94. The van der Waals surface area contributed by atoms with Crippen molar-refractivity contribution in [1.29, 1.82) is 0 Å². The lowest BCUT2D eigenvalue weighted by molar-refractivity contribution is -0.620. The lowest BCUT2D eigenvalue weighted by atomic mass is 10.0. The van der Waals surface area contributed by atoms with Crippen LogP contribution in [0.4, 0.5) is 0 Å². The number of nitrogens with one attached hydrogen (secondary N) is 2. The molecule has 0 radical (unpaired) electrons. The highest BCUT2D eigenvalue weighted by molar-refractivity contribution is 5.79. The topological polar surface area (TPSA) is 97.7 Å². The molecule has 3 rings (SSSR count). The van der Waals surface area contributed by atoms with Gasteiger partial charge in [-0.1, -0.05) is 18.1 Å². The van der Waals surface area contributed by atoms with Crippen LogP contribution >= 0.6 is 0 Å². The summed E-state index contributed by atoms with van der Waals surface area (Å²) in [5.41, 5.74) is 3.27. The quantitative estimate of drug-likeness (QED) is 0.334. The van der Waals surface area contributed by atoms with Gasteiger partial charge in [0.1, 0.15) is 6.61 Å². The van der Waals surface area contributed by atoms with Crippen LogP contribution in [0.25, 0.3) is 11.0 Å². The molecule has 1 aliphatic rings. The van der Waals surface area contributed by atoms with Gasteiger partial charge < -0.3 is 10.3 Å². The zero-order valence-electron chi connectivity index (χ0n) is 13.0. The van der Waals surface area contributed by atoms with Gasteiger partial charge in [-0.3, -0.25) is 4.57 Å². The van der Waals surface area contributed by atoms with E-state index in [1.54, 1.807) is 6.92 Å². The van der Waals surface area contributed by atoms with Crippen LogP contribution in [-0.2, 0) is 27.9 Å². The van der Waals surface area contributed by atoms with E-state index in [0.717, 1.165) is 24.0 Å². The van der Waals surface area contributed by atoms with Crippen molar-refractivity contribution >= 4 is 11.0 Å². The average Bonchev–Trinajstić information content (AvgIpc) is 2.90. The molecule has 8 nitrogen and oxygen atoms in total. The number of para-hydroxylation sites is 1. The molecular weight excluding hydrogens is 302 g/mol. The van der Waals surface area contributed by atoms with Crippen molar-refractivity contribution in [3.8, 4) is 11.8 Å². The van der Waals surface area contributed by atoms with Gasteiger partial charge in [-0.25, -0.2) is 10.1 Å². The number of aromatic nitrogens is 2. The van der Waals surface area contributed by atoms with E-state index in [9.17, 15) is 4.79 Å². The molecule has 0 unspecified atom stereocenters. The van der Waals surface area contributed by atoms with Crippen LogP contribution in [0.5, 0.6) is 0 Å². The molecule has 23 heavy (non-hydrogen) atoms. The van der Waals surface area contributed by atoms with Gasteiger partial charge in [0, 0.05) is 12.6 Å². The van der Waals surface area contributed by atoms with Gasteiger partial charge in [0.05, 0.1) is 11.0 Å². The monoisotopic (exact) mass is 321 g/mol. The molecule has 3 N–H and O–H groups in total. The molecule has 0 spiro atoms. The van der Waals surface area contributed by atoms with E-state index >= 15 is 0 Å². The third kappa shape index (κ3) is 4.19. The molecule has 124 valence electrons. The Morgan fingerprint density at radius 1 is 1.52 bits per heavy atom. The van der Waals surface area contributed by atoms with Crippen molar-refractivity contribution < 1.29 is 20.2 Å². The molecule has 1 aliphatic heterocycles. The van der Waals surface area contributed by atoms with Crippen LogP contribution in [0.2, 0.25) is 0 Å². The number of benzene rings is 1. The molecule has 2 aromatic rings. The number of likely N-dealkylation sites (N-methyl/N-ethyl adjacent to an activating group) is 1. The average molecular weight is 321 g/mol. The molecule has 1 aromatic heterocycles. The van der Waals surface area contributed by atoms with Gasteiger partial charge in [0.25, 0.3) is 0 Å². The molecule has 0 bridgehead atoms. The van der Waals surface area contributed by atoms with E-state index in [-0.39, 0.29) is 12.3 Å². The van der Waals surface area contributed by atoms with Crippen LogP contribution in [0.1, 0.15) is 12.5 Å². The fraction of sp³-hybridized carbons (Fsp3) is 0.400. The maximum absolute atomic E-state index is 11.7. The van der Waals surface area contributed by atoms with Crippen LogP contribution in [0.3, 0.4) is 0 Å². The normalized spacial score (nSPS) is 15.5. The van der Waals surface area contributed by atoms with E-state index in [1.165, 1.54) is 5.56 Å². The smallest absolute Gasteiger partial charge is 0.315 e. The molecule has 0 aliphatic carbocycles. The minimum absolute atomic E-state index is 0.00241. The number of H-pyrrole nitrogens is 1. The Morgan fingerprint density at radius 2 is 2.35 bits per heavy atom. The predicted molar refractivity (Wildman–Crippen MR) is 83.3 cm³/mol. The molecule has 0 amide bonds. The Balaban J connectivity index is 0.000000207. The summed E-state index contributed by atoms with van der Waals surface area (Å²) in [6.45, 7) is 2.49. The summed E-state index contributed by atoms with van der Waals surface area (Å²) < 4.78 is 1.83. The standard InChI is InChI=1S/C11H13N3O.C4H6O4/c1-12-8-5-7-3-2-4-9-10(7)14(6-8)11(15)13-9;1-2-3-4-6-8-7-5/h2-4,8,12H,5-6H2,1H3,(H,13,15);5H,4H2,1H3/t8-;/m1./s1. The van der Waals surface area contributed by atoms with E-state index in [2.05, 4.69) is 43.2 Å². The second-order valence-corrected chi connectivity index (χ2v) is 4.88. The first kappa shape index (κ1) is 17.2. The van der Waals surface area contributed by atoms with Crippen molar-refractivity contribution in [2.45, 2.75) is 25.9 Å². The van der Waals surface area contributed by atoms with Crippen molar-refractivity contribution in [2.75, 3.05) is 13.7 Å². The minimum Gasteiger partial charge on any atom is -0.315 e. The first-order valence-electron chi connectivity index (χ1n) is 7.08.